The summed E-state index contributed by atoms with van der Waals surface area (Å²) in [6, 6.07) is 7.74. The van der Waals surface area contributed by atoms with Crippen molar-refractivity contribution in [3.8, 4) is 0 Å². The van der Waals surface area contributed by atoms with Crippen molar-refractivity contribution in [1.29, 1.82) is 0 Å². The van der Waals surface area contributed by atoms with Crippen molar-refractivity contribution in [2.45, 2.75) is 6.92 Å². The molecule has 0 amide bonds. The Kier molecular flexibility index (Phi) is 4.76. The summed E-state index contributed by atoms with van der Waals surface area (Å²) in [6.07, 6.45) is 4.51. The van der Waals surface area contributed by atoms with Crippen LogP contribution in [0.2, 0.25) is 0 Å². The van der Waals surface area contributed by atoms with E-state index in [1.165, 1.54) is 18.3 Å². The third-order valence-corrected chi connectivity index (χ3v) is 2.61. The number of nitro groups is 1. The zero-order chi connectivity index (χ0) is 15.9. The number of allylic oxidation sites excluding steroid dienone is 1. The van der Waals surface area contributed by atoms with Gasteiger partial charge in [0.05, 0.1) is 10.5 Å². The number of hydrogen-bond donors (Lipinski definition) is 2. The minimum absolute atomic E-state index is 0.0183. The topological polar surface area (TPSA) is 113 Å². The molecule has 0 saturated heterocycles. The zero-order valence-electron chi connectivity index (χ0n) is 11.7. The van der Waals surface area contributed by atoms with Crippen LogP contribution in [-0.4, -0.2) is 21.1 Å². The van der Waals surface area contributed by atoms with Crippen LogP contribution in [0.3, 0.4) is 0 Å². The molecule has 0 aliphatic heterocycles. The lowest BCUT2D eigenvalue weighted by Gasteiger charge is -1.98. The Bertz CT molecular complexity index is 795. The maximum Gasteiger partial charge on any atom is 0.276 e. The van der Waals surface area contributed by atoms with E-state index in [0.29, 0.717) is 11.3 Å². The molecule has 8 nitrogen and oxygen atoms in total. The van der Waals surface area contributed by atoms with E-state index < -0.39 is 4.92 Å². The van der Waals surface area contributed by atoms with E-state index >= 15 is 0 Å². The van der Waals surface area contributed by atoms with Crippen LogP contribution in [0.4, 0.5) is 11.6 Å². The number of nitro benzene ring substituents is 1. The molecule has 0 saturated carbocycles. The average molecular weight is 299 g/mol. The minimum Gasteiger partial charge on any atom is -0.291 e. The van der Waals surface area contributed by atoms with Gasteiger partial charge in [-0.3, -0.25) is 19.9 Å². The fraction of sp³-hybridized carbons (Fsp3) is 0.0714. The van der Waals surface area contributed by atoms with Gasteiger partial charge in [-0.1, -0.05) is 12.1 Å². The van der Waals surface area contributed by atoms with Crippen LogP contribution in [-0.2, 0) is 0 Å². The Hall–Kier alpha value is -3.29. The molecule has 0 aliphatic rings. The van der Waals surface area contributed by atoms with Crippen molar-refractivity contribution in [2.24, 2.45) is 5.10 Å². The van der Waals surface area contributed by atoms with E-state index in [9.17, 15) is 14.9 Å². The highest BCUT2D eigenvalue weighted by Gasteiger charge is 2.08. The highest BCUT2D eigenvalue weighted by atomic mass is 16.6. The number of aryl methyl sites for hydroxylation is 1. The number of aromatic amines is 1. The number of hydrazone groups is 1. The number of H-pyrrole nitrogens is 1. The van der Waals surface area contributed by atoms with Gasteiger partial charge in [0.1, 0.15) is 0 Å². The van der Waals surface area contributed by atoms with Gasteiger partial charge in [0, 0.05) is 24.0 Å². The first-order valence-electron chi connectivity index (χ1n) is 6.33. The molecule has 1 aromatic heterocycles. The molecule has 0 bridgehead atoms. The molecule has 0 spiro atoms. The molecule has 1 heterocycles. The maximum atomic E-state index is 11.2. The van der Waals surface area contributed by atoms with E-state index in [1.54, 1.807) is 37.3 Å². The summed E-state index contributed by atoms with van der Waals surface area (Å²) in [5.41, 5.74) is 3.35. The molecule has 2 rings (SSSR count). The number of hydrogen-bond acceptors (Lipinski definition) is 6. The predicted molar refractivity (Wildman–Crippen MR) is 83.8 cm³/mol. The summed E-state index contributed by atoms with van der Waals surface area (Å²) in [6.45, 7) is 1.69. The molecule has 2 N–H and O–H groups in total. The molecule has 0 atom stereocenters. The van der Waals surface area contributed by atoms with Crippen LogP contribution in [0.15, 0.2) is 46.3 Å². The van der Waals surface area contributed by atoms with Gasteiger partial charge in [-0.2, -0.15) is 5.10 Å². The summed E-state index contributed by atoms with van der Waals surface area (Å²) in [5.74, 6) is 0.223. The fourth-order valence-corrected chi connectivity index (χ4v) is 1.71. The fourth-order valence-electron chi connectivity index (χ4n) is 1.71. The molecule has 8 heteroatoms. The van der Waals surface area contributed by atoms with Crippen molar-refractivity contribution in [1.82, 2.24) is 9.97 Å². The lowest BCUT2D eigenvalue weighted by atomic mass is 10.2. The first kappa shape index (κ1) is 15.1. The van der Waals surface area contributed by atoms with Gasteiger partial charge in [-0.05, 0) is 25.1 Å². The van der Waals surface area contributed by atoms with E-state index in [2.05, 4.69) is 20.5 Å². The molecule has 0 aliphatic carbocycles. The molecular weight excluding hydrogens is 286 g/mol. The Morgan fingerprint density at radius 1 is 1.41 bits per heavy atom. The number of nitrogens with one attached hydrogen (secondary N) is 2. The third kappa shape index (κ3) is 4.10. The second kappa shape index (κ2) is 6.93. The van der Waals surface area contributed by atoms with Crippen molar-refractivity contribution >= 4 is 23.9 Å². The molecule has 112 valence electrons. The standard InChI is InChI=1S/C14H13N5O3/c1-10-9-13(20)17-14(16-10)18-15-8-4-6-11-5-2-3-7-12(11)19(21)22/h2-9H,1H3,(H2,16,17,18,20)/b6-4-,15-8-. The van der Waals surface area contributed by atoms with E-state index in [0.717, 1.165) is 0 Å². The van der Waals surface area contributed by atoms with Crippen LogP contribution in [0.25, 0.3) is 6.08 Å². The molecule has 22 heavy (non-hydrogen) atoms. The number of para-hydroxylation sites is 1. The van der Waals surface area contributed by atoms with Crippen LogP contribution in [0.5, 0.6) is 0 Å². The van der Waals surface area contributed by atoms with E-state index in [4.69, 9.17) is 0 Å². The SMILES string of the molecule is Cc1cc(=O)[nH]c(N/N=C\C=C/c2ccccc2[N+](=O)[O-])n1. The van der Waals surface area contributed by atoms with Gasteiger partial charge in [0.25, 0.3) is 11.2 Å². The van der Waals surface area contributed by atoms with E-state index in [1.807, 2.05) is 0 Å². The Morgan fingerprint density at radius 3 is 2.91 bits per heavy atom. The van der Waals surface area contributed by atoms with Gasteiger partial charge >= 0.3 is 0 Å². The van der Waals surface area contributed by atoms with Crippen LogP contribution in [0.1, 0.15) is 11.3 Å². The summed E-state index contributed by atoms with van der Waals surface area (Å²) >= 11 is 0. The second-order valence-electron chi connectivity index (χ2n) is 4.30. The van der Waals surface area contributed by atoms with Crippen LogP contribution >= 0.6 is 0 Å². The van der Waals surface area contributed by atoms with Crippen LogP contribution < -0.4 is 11.0 Å². The molecule has 0 radical (unpaired) electrons. The largest absolute Gasteiger partial charge is 0.291 e. The third-order valence-electron chi connectivity index (χ3n) is 2.61. The summed E-state index contributed by atoms with van der Waals surface area (Å²) in [4.78, 5) is 28.1. The van der Waals surface area contributed by atoms with Crippen molar-refractivity contribution in [3.05, 3.63) is 68.1 Å². The lowest BCUT2D eigenvalue weighted by molar-refractivity contribution is -0.385. The molecule has 0 unspecified atom stereocenters. The van der Waals surface area contributed by atoms with Crippen molar-refractivity contribution in [3.63, 3.8) is 0 Å². The Balaban J connectivity index is 2.03. The monoisotopic (exact) mass is 299 g/mol. The highest BCUT2D eigenvalue weighted by molar-refractivity contribution is 5.80. The summed E-state index contributed by atoms with van der Waals surface area (Å²) in [5, 5.41) is 14.7. The number of anilines is 1. The van der Waals surface area contributed by atoms with Crippen LogP contribution in [0, 0.1) is 17.0 Å². The predicted octanol–water partition coefficient (Wildman–Crippen LogP) is 2.10. The Labute approximate surface area is 125 Å². The maximum absolute atomic E-state index is 11.2. The number of aromatic nitrogens is 2. The number of nitrogens with zero attached hydrogens (tertiary/aromatic N) is 3. The molecule has 1 aromatic carbocycles. The average Bonchev–Trinajstić information content (AvgIpc) is 2.46. The van der Waals surface area contributed by atoms with Crippen molar-refractivity contribution in [2.75, 3.05) is 5.43 Å². The highest BCUT2D eigenvalue weighted by Crippen LogP contribution is 2.18. The molecular formula is C14H13N5O3. The first-order valence-corrected chi connectivity index (χ1v) is 6.33. The quantitative estimate of drug-likeness (QED) is 0.498. The summed E-state index contributed by atoms with van der Waals surface area (Å²) < 4.78 is 0. The molecule has 0 fully saturated rings. The molecule has 2 aromatic rings. The lowest BCUT2D eigenvalue weighted by Crippen LogP contribution is -2.10. The van der Waals surface area contributed by atoms with Gasteiger partial charge < -0.3 is 0 Å². The van der Waals surface area contributed by atoms with Gasteiger partial charge in [-0.15, -0.1) is 0 Å². The number of rotatable bonds is 5. The zero-order valence-corrected chi connectivity index (χ0v) is 11.7. The van der Waals surface area contributed by atoms with Gasteiger partial charge in [-0.25, -0.2) is 10.4 Å². The first-order chi connectivity index (χ1) is 10.6. The van der Waals surface area contributed by atoms with Gasteiger partial charge in [0.2, 0.25) is 5.95 Å². The smallest absolute Gasteiger partial charge is 0.276 e. The number of benzene rings is 1. The van der Waals surface area contributed by atoms with Gasteiger partial charge in [0.15, 0.2) is 0 Å². The van der Waals surface area contributed by atoms with E-state index in [-0.39, 0.29) is 17.2 Å². The second-order valence-corrected chi connectivity index (χ2v) is 4.30. The Morgan fingerprint density at radius 2 is 2.18 bits per heavy atom. The normalized spacial score (nSPS) is 11.1. The minimum atomic E-state index is -0.448. The van der Waals surface area contributed by atoms with Crippen molar-refractivity contribution < 1.29 is 4.92 Å². The summed E-state index contributed by atoms with van der Waals surface area (Å²) in [7, 11) is 0.